The Bertz CT molecular complexity index is 2230. The molecule has 0 bridgehead atoms. The van der Waals surface area contributed by atoms with E-state index in [0.717, 1.165) is 82.2 Å². The Hall–Kier alpha value is -4.85. The number of halogens is 4. The largest absolute Gasteiger partial charge is 0.506 e. The average Bonchev–Trinajstić information content (AvgIpc) is 3.77. The summed E-state index contributed by atoms with van der Waals surface area (Å²) in [6, 6.07) is 15.8. The van der Waals surface area contributed by atoms with E-state index in [1.165, 1.54) is 41.6 Å². The molecule has 20 heteroatoms. The first kappa shape index (κ1) is 45.7. The quantitative estimate of drug-likeness (QED) is 0.204. The number of amides is 2. The Balaban J connectivity index is 0.000000164. The zero-order valence-corrected chi connectivity index (χ0v) is 35.8. The molecule has 0 saturated carbocycles. The zero-order chi connectivity index (χ0) is 43.7. The second-order valence-electron chi connectivity index (χ2n) is 14.9. The van der Waals surface area contributed by atoms with Crippen molar-refractivity contribution in [3.63, 3.8) is 0 Å². The molecule has 15 nitrogen and oxygen atoms in total. The molecule has 6 heterocycles. The van der Waals surface area contributed by atoms with E-state index in [2.05, 4.69) is 30.0 Å². The lowest BCUT2D eigenvalue weighted by Gasteiger charge is -2.37. The van der Waals surface area contributed by atoms with Crippen LogP contribution in [0.4, 0.5) is 20.4 Å². The highest BCUT2D eigenvalue weighted by molar-refractivity contribution is 7.86. The molecule has 61 heavy (non-hydrogen) atoms. The molecule has 3 N–H and O–H groups in total. The lowest BCUT2D eigenvalue weighted by Crippen LogP contribution is -2.52. The van der Waals surface area contributed by atoms with Crippen molar-refractivity contribution < 1.29 is 41.2 Å². The predicted molar refractivity (Wildman–Crippen MR) is 227 cm³/mol. The van der Waals surface area contributed by atoms with Gasteiger partial charge in [0.1, 0.15) is 34.8 Å². The van der Waals surface area contributed by atoms with E-state index in [0.29, 0.717) is 31.6 Å². The van der Waals surface area contributed by atoms with Gasteiger partial charge in [-0.2, -0.15) is 8.42 Å². The van der Waals surface area contributed by atoms with Gasteiger partial charge in [0.05, 0.1) is 34.7 Å². The van der Waals surface area contributed by atoms with Crippen molar-refractivity contribution in [3.8, 4) is 11.5 Å². The number of piperazine rings is 2. The summed E-state index contributed by atoms with van der Waals surface area (Å²) in [5.41, 5.74) is 1.33. The number of pyridine rings is 2. The van der Waals surface area contributed by atoms with Crippen molar-refractivity contribution in [2.45, 2.75) is 38.1 Å². The first-order valence-electron chi connectivity index (χ1n) is 19.7. The summed E-state index contributed by atoms with van der Waals surface area (Å²) >= 11 is 11.3. The number of anilines is 2. The predicted octanol–water partition coefficient (Wildman–Crippen LogP) is 4.26. The highest BCUT2D eigenvalue weighted by atomic mass is 35.5. The molecule has 4 saturated heterocycles. The third-order valence-electron chi connectivity index (χ3n) is 10.5. The van der Waals surface area contributed by atoms with E-state index in [-0.39, 0.29) is 40.0 Å². The van der Waals surface area contributed by atoms with Crippen LogP contribution in [0.1, 0.15) is 24.0 Å². The molecule has 4 aromatic rings. The van der Waals surface area contributed by atoms with Gasteiger partial charge in [0.2, 0.25) is 5.91 Å². The van der Waals surface area contributed by atoms with E-state index in [4.69, 9.17) is 32.5 Å². The summed E-state index contributed by atoms with van der Waals surface area (Å²) in [6.45, 7) is 8.73. The van der Waals surface area contributed by atoms with Crippen molar-refractivity contribution in [2.75, 3.05) is 81.5 Å². The van der Waals surface area contributed by atoms with Crippen molar-refractivity contribution in [1.29, 1.82) is 0 Å². The van der Waals surface area contributed by atoms with Gasteiger partial charge in [0, 0.05) is 85.0 Å². The second kappa shape index (κ2) is 20.8. The Morgan fingerprint density at radius 3 is 1.67 bits per heavy atom. The first-order valence-corrected chi connectivity index (χ1v) is 22.3. The molecule has 2 atom stereocenters. The lowest BCUT2D eigenvalue weighted by atomic mass is 10.1. The monoisotopic (exact) mass is 904 g/mol. The Labute approximate surface area is 363 Å². The Morgan fingerprint density at radius 1 is 0.705 bits per heavy atom. The lowest BCUT2D eigenvalue weighted by molar-refractivity contribution is -0.134. The van der Waals surface area contributed by atoms with E-state index in [9.17, 15) is 31.9 Å². The van der Waals surface area contributed by atoms with Crippen LogP contribution in [-0.2, 0) is 37.0 Å². The van der Waals surface area contributed by atoms with Crippen molar-refractivity contribution >= 4 is 56.8 Å². The minimum Gasteiger partial charge on any atom is -0.506 e. The van der Waals surface area contributed by atoms with Crippen LogP contribution in [0.15, 0.2) is 73.1 Å². The van der Waals surface area contributed by atoms with Gasteiger partial charge < -0.3 is 35.1 Å². The number of aromatic nitrogens is 2. The molecule has 4 aliphatic heterocycles. The summed E-state index contributed by atoms with van der Waals surface area (Å²) in [6.07, 6.45) is 3.92. The van der Waals surface area contributed by atoms with Crippen molar-refractivity contribution in [3.05, 3.63) is 106 Å². The third-order valence-corrected chi connectivity index (χ3v) is 11.7. The van der Waals surface area contributed by atoms with Gasteiger partial charge in [0.15, 0.2) is 6.10 Å². The fourth-order valence-electron chi connectivity index (χ4n) is 7.39. The Morgan fingerprint density at radius 2 is 1.20 bits per heavy atom. The number of benzene rings is 2. The summed E-state index contributed by atoms with van der Waals surface area (Å²) in [5, 5.41) is 21.8. The van der Waals surface area contributed by atoms with Crippen LogP contribution < -0.4 is 15.1 Å². The van der Waals surface area contributed by atoms with E-state index >= 15 is 0 Å². The molecule has 0 unspecified atom stereocenters. The number of nitrogens with one attached hydrogen (secondary N) is 1. The summed E-state index contributed by atoms with van der Waals surface area (Å²) < 4.78 is 53.7. The second-order valence-corrected chi connectivity index (χ2v) is 17.3. The third kappa shape index (κ3) is 12.8. The molecule has 0 radical (unpaired) electrons. The summed E-state index contributed by atoms with van der Waals surface area (Å²) in [4.78, 5) is 43.0. The van der Waals surface area contributed by atoms with Gasteiger partial charge in [-0.05, 0) is 66.1 Å². The summed E-state index contributed by atoms with van der Waals surface area (Å²) in [7, 11) is -3.67. The SMILES string of the molecule is CS(=O)(=O)O[C@H]1CCN(Cc2ccc(Cl)c(F)c2)C1=O.O=C1[C@H](N2CCN(c3ccc(O)cn3)CC2)CCN1Cc1ccc(Cl)c(F)c1.Oc1ccc(N2CCNCC2)nc1. The fourth-order valence-corrected chi connectivity index (χ4v) is 8.23. The molecule has 8 rings (SSSR count). The average molecular weight is 906 g/mol. The number of aromatic hydroxyl groups is 2. The Kier molecular flexibility index (Phi) is 15.6. The van der Waals surface area contributed by atoms with Gasteiger partial charge in [-0.3, -0.25) is 18.7 Å². The van der Waals surface area contributed by atoms with Crippen LogP contribution in [0.5, 0.6) is 11.5 Å². The van der Waals surface area contributed by atoms with Crippen molar-refractivity contribution in [1.82, 2.24) is 30.0 Å². The van der Waals surface area contributed by atoms with Crippen LogP contribution in [0, 0.1) is 11.6 Å². The minimum atomic E-state index is -3.67. The smallest absolute Gasteiger partial charge is 0.265 e. The molecule has 0 aliphatic carbocycles. The number of nitrogens with zero attached hydrogens (tertiary/aromatic N) is 7. The summed E-state index contributed by atoms with van der Waals surface area (Å²) in [5.74, 6) is 0.831. The van der Waals surface area contributed by atoms with Gasteiger partial charge >= 0.3 is 0 Å². The maximum absolute atomic E-state index is 13.6. The number of hydrogen-bond donors (Lipinski definition) is 3. The minimum absolute atomic E-state index is 0.0137. The molecule has 328 valence electrons. The van der Waals surface area contributed by atoms with E-state index in [1.54, 1.807) is 35.2 Å². The normalized spacial score (nSPS) is 19.7. The topological polar surface area (TPSA) is 172 Å². The maximum atomic E-state index is 13.6. The number of likely N-dealkylation sites (tertiary alicyclic amines) is 2. The molecular weight excluding hydrogens is 857 g/mol. The van der Waals surface area contributed by atoms with Crippen LogP contribution in [0.25, 0.3) is 0 Å². The number of hydrogen-bond acceptors (Lipinski definition) is 13. The number of carbonyl (C=O) groups excluding carboxylic acids is 2. The highest BCUT2D eigenvalue weighted by Gasteiger charge is 2.37. The van der Waals surface area contributed by atoms with E-state index in [1.807, 2.05) is 6.07 Å². The van der Waals surface area contributed by atoms with Gasteiger partial charge in [-0.1, -0.05) is 35.3 Å². The molecular formula is C41H48Cl2F2N8O7S. The van der Waals surface area contributed by atoms with E-state index < -0.39 is 33.8 Å². The molecule has 4 fully saturated rings. The van der Waals surface area contributed by atoms with Crippen LogP contribution in [-0.4, -0.2) is 139 Å². The van der Waals surface area contributed by atoms with Gasteiger partial charge in [0.25, 0.3) is 16.0 Å². The van der Waals surface area contributed by atoms with Crippen molar-refractivity contribution in [2.24, 2.45) is 0 Å². The molecule has 2 amide bonds. The first-order chi connectivity index (χ1) is 29.1. The van der Waals surface area contributed by atoms with Gasteiger partial charge in [-0.25, -0.2) is 18.7 Å². The molecule has 4 aliphatic rings. The van der Waals surface area contributed by atoms with Crippen LogP contribution in [0.2, 0.25) is 10.0 Å². The molecule has 2 aromatic heterocycles. The highest BCUT2D eigenvalue weighted by Crippen LogP contribution is 2.25. The zero-order valence-electron chi connectivity index (χ0n) is 33.5. The van der Waals surface area contributed by atoms with Crippen LogP contribution >= 0.6 is 23.2 Å². The van der Waals surface area contributed by atoms with Gasteiger partial charge in [-0.15, -0.1) is 0 Å². The van der Waals surface area contributed by atoms with Crippen LogP contribution in [0.3, 0.4) is 0 Å². The number of rotatable bonds is 9. The molecule has 2 aromatic carbocycles. The fraction of sp³-hybridized carbons (Fsp3) is 0.415. The number of carbonyl (C=O) groups is 2. The standard InChI is InChI=1S/C20H22ClFN4O2.C12H13ClFNO4S.C9H13N3O/c21-16-3-1-14(11-17(16)22)13-26-6-5-18(20(26)28)24-7-9-25(10-8-24)19-4-2-15(27)12-23-19;1-20(17,18)19-11-4-5-15(12(11)16)7-8-2-3-9(13)10(14)6-8;13-8-1-2-9(11-7-8)12-5-3-10-4-6-12/h1-4,11-12,18,27H,5-10,13H2;2-3,6,11H,4-5,7H2,1H3;1-2,7,10,13H,3-6H2/t18-;11-;/m10./s1. The maximum Gasteiger partial charge on any atom is 0.265 e. The molecule has 0 spiro atoms.